The zero-order valence-corrected chi connectivity index (χ0v) is 12.5. The quantitative estimate of drug-likeness (QED) is 0.767. The number of hydrogen-bond acceptors (Lipinski definition) is 1. The molecule has 0 spiro atoms. The Bertz CT molecular complexity index is 579. The van der Waals surface area contributed by atoms with Crippen molar-refractivity contribution in [3.05, 3.63) is 59.7 Å². The summed E-state index contributed by atoms with van der Waals surface area (Å²) < 4.78 is 0. The van der Waals surface area contributed by atoms with E-state index in [2.05, 4.69) is 50.2 Å². The molecule has 0 aliphatic heterocycles. The average molecular weight is 266 g/mol. The molecule has 0 aliphatic rings. The van der Waals surface area contributed by atoms with Gasteiger partial charge in [-0.25, -0.2) is 0 Å². The first-order valence-electron chi connectivity index (χ1n) is 7.22. The van der Waals surface area contributed by atoms with Crippen molar-refractivity contribution in [3.63, 3.8) is 0 Å². The Kier molecular flexibility index (Phi) is 4.73. The molecule has 2 rings (SSSR count). The number of benzene rings is 2. The third kappa shape index (κ3) is 4.06. The zero-order chi connectivity index (χ0) is 14.5. The van der Waals surface area contributed by atoms with Crippen LogP contribution in [-0.4, -0.2) is 5.78 Å². The molecule has 0 saturated carbocycles. The van der Waals surface area contributed by atoms with E-state index in [-0.39, 0.29) is 5.78 Å². The molecule has 0 fully saturated rings. The van der Waals surface area contributed by atoms with Crippen LogP contribution in [0.25, 0.3) is 11.1 Å². The molecule has 0 unspecified atom stereocenters. The second kappa shape index (κ2) is 6.51. The van der Waals surface area contributed by atoms with E-state index in [4.69, 9.17) is 0 Å². The van der Waals surface area contributed by atoms with Crippen LogP contribution in [0.3, 0.4) is 0 Å². The Balaban J connectivity index is 2.20. The predicted molar refractivity (Wildman–Crippen MR) is 84.8 cm³/mol. The van der Waals surface area contributed by atoms with Gasteiger partial charge in [-0.15, -0.1) is 0 Å². The van der Waals surface area contributed by atoms with Gasteiger partial charge in [0.2, 0.25) is 0 Å². The molecule has 0 aliphatic carbocycles. The van der Waals surface area contributed by atoms with Crippen LogP contribution in [0.5, 0.6) is 0 Å². The van der Waals surface area contributed by atoms with Crippen LogP contribution >= 0.6 is 0 Å². The van der Waals surface area contributed by atoms with E-state index in [0.29, 0.717) is 12.3 Å². The first kappa shape index (κ1) is 14.5. The molecular formula is C19H22O. The summed E-state index contributed by atoms with van der Waals surface area (Å²) in [6.07, 6.45) is 1.63. The zero-order valence-electron chi connectivity index (χ0n) is 12.5. The van der Waals surface area contributed by atoms with Crippen molar-refractivity contribution in [2.45, 2.75) is 33.6 Å². The Morgan fingerprint density at radius 3 is 2.25 bits per heavy atom. The maximum Gasteiger partial charge on any atom is 0.134 e. The summed E-state index contributed by atoms with van der Waals surface area (Å²) in [5, 5.41) is 0. The van der Waals surface area contributed by atoms with Crippen molar-refractivity contribution in [1.29, 1.82) is 0 Å². The topological polar surface area (TPSA) is 17.1 Å². The highest BCUT2D eigenvalue weighted by atomic mass is 16.1. The van der Waals surface area contributed by atoms with E-state index in [0.717, 1.165) is 12.0 Å². The van der Waals surface area contributed by atoms with Gasteiger partial charge in [0.25, 0.3) is 0 Å². The van der Waals surface area contributed by atoms with Crippen LogP contribution in [0.15, 0.2) is 48.5 Å². The molecule has 0 N–H and O–H groups in total. The molecular weight excluding hydrogens is 244 g/mol. The largest absolute Gasteiger partial charge is 0.300 e. The van der Waals surface area contributed by atoms with E-state index in [9.17, 15) is 4.79 Å². The second-order valence-corrected chi connectivity index (χ2v) is 5.87. The Morgan fingerprint density at radius 1 is 0.950 bits per heavy atom. The fourth-order valence-electron chi connectivity index (χ4n) is 2.45. The molecule has 0 atom stereocenters. The minimum absolute atomic E-state index is 0.205. The molecule has 0 radical (unpaired) electrons. The number of hydrogen-bond donors (Lipinski definition) is 0. The minimum atomic E-state index is 0.205. The van der Waals surface area contributed by atoms with E-state index < -0.39 is 0 Å². The first-order chi connectivity index (χ1) is 9.54. The van der Waals surface area contributed by atoms with E-state index in [1.165, 1.54) is 16.7 Å². The minimum Gasteiger partial charge on any atom is -0.300 e. The highest BCUT2D eigenvalue weighted by Crippen LogP contribution is 2.22. The van der Waals surface area contributed by atoms with Crippen molar-refractivity contribution in [2.75, 3.05) is 0 Å². The summed E-state index contributed by atoms with van der Waals surface area (Å²) in [7, 11) is 0. The third-order valence-electron chi connectivity index (χ3n) is 3.31. The van der Waals surface area contributed by atoms with Gasteiger partial charge in [-0.1, -0.05) is 62.4 Å². The number of rotatable bonds is 5. The molecule has 0 amide bonds. The lowest BCUT2D eigenvalue weighted by molar-refractivity contribution is -0.116. The molecule has 2 aromatic rings. The van der Waals surface area contributed by atoms with Gasteiger partial charge in [0.1, 0.15) is 5.78 Å². The summed E-state index contributed by atoms with van der Waals surface area (Å²) in [5.41, 5.74) is 4.92. The van der Waals surface area contributed by atoms with Crippen LogP contribution in [0.1, 0.15) is 31.9 Å². The van der Waals surface area contributed by atoms with Gasteiger partial charge < -0.3 is 0 Å². The van der Waals surface area contributed by atoms with Crippen molar-refractivity contribution in [3.8, 4) is 11.1 Å². The summed E-state index contributed by atoms with van der Waals surface area (Å²) >= 11 is 0. The normalized spacial score (nSPS) is 10.8. The standard InChI is InChI=1S/C19H22O/c1-14(2)11-17-5-4-6-19(13-17)18-9-7-16(8-10-18)12-15(3)20/h4-10,13-14H,11-12H2,1-3H3. The third-order valence-corrected chi connectivity index (χ3v) is 3.31. The SMILES string of the molecule is CC(=O)Cc1ccc(-c2cccc(CC(C)C)c2)cc1. The van der Waals surface area contributed by atoms with Crippen LogP contribution in [0.4, 0.5) is 0 Å². The number of ketones is 1. The molecule has 0 aromatic heterocycles. The van der Waals surface area contributed by atoms with Crippen LogP contribution < -0.4 is 0 Å². The van der Waals surface area contributed by atoms with Gasteiger partial charge in [-0.3, -0.25) is 4.79 Å². The summed E-state index contributed by atoms with van der Waals surface area (Å²) in [5.74, 6) is 0.875. The monoisotopic (exact) mass is 266 g/mol. The van der Waals surface area contributed by atoms with Gasteiger partial charge in [0, 0.05) is 6.42 Å². The summed E-state index contributed by atoms with van der Waals surface area (Å²) in [4.78, 5) is 11.1. The predicted octanol–water partition coefficient (Wildman–Crippen LogP) is 4.68. The van der Waals surface area contributed by atoms with Crippen LogP contribution in [-0.2, 0) is 17.6 Å². The molecule has 1 nitrogen and oxygen atoms in total. The van der Waals surface area contributed by atoms with E-state index >= 15 is 0 Å². The van der Waals surface area contributed by atoms with Crippen molar-refractivity contribution in [2.24, 2.45) is 5.92 Å². The Hall–Kier alpha value is -1.89. The maximum atomic E-state index is 11.1. The lowest BCUT2D eigenvalue weighted by Crippen LogP contribution is -1.96. The lowest BCUT2D eigenvalue weighted by atomic mass is 9.97. The highest BCUT2D eigenvalue weighted by molar-refractivity contribution is 5.78. The van der Waals surface area contributed by atoms with Crippen LogP contribution in [0, 0.1) is 5.92 Å². The Labute approximate surface area is 121 Å². The van der Waals surface area contributed by atoms with Gasteiger partial charge >= 0.3 is 0 Å². The maximum absolute atomic E-state index is 11.1. The van der Waals surface area contributed by atoms with Gasteiger partial charge in [0.05, 0.1) is 0 Å². The molecule has 0 bridgehead atoms. The first-order valence-corrected chi connectivity index (χ1v) is 7.22. The molecule has 2 aromatic carbocycles. The van der Waals surface area contributed by atoms with E-state index in [1.54, 1.807) is 6.92 Å². The lowest BCUT2D eigenvalue weighted by Gasteiger charge is -2.08. The molecule has 104 valence electrons. The smallest absolute Gasteiger partial charge is 0.134 e. The molecule has 0 saturated heterocycles. The number of carbonyl (C=O) groups excluding carboxylic acids is 1. The van der Waals surface area contributed by atoms with E-state index in [1.807, 2.05) is 12.1 Å². The van der Waals surface area contributed by atoms with Crippen molar-refractivity contribution < 1.29 is 4.79 Å². The second-order valence-electron chi connectivity index (χ2n) is 5.87. The fourth-order valence-corrected chi connectivity index (χ4v) is 2.45. The average Bonchev–Trinajstić information content (AvgIpc) is 2.38. The number of carbonyl (C=O) groups is 1. The van der Waals surface area contributed by atoms with Crippen molar-refractivity contribution in [1.82, 2.24) is 0 Å². The van der Waals surface area contributed by atoms with Gasteiger partial charge in [0.15, 0.2) is 0 Å². The molecule has 0 heterocycles. The van der Waals surface area contributed by atoms with Crippen LogP contribution in [0.2, 0.25) is 0 Å². The molecule has 20 heavy (non-hydrogen) atoms. The number of Topliss-reactive ketones (excluding diaryl/α,β-unsaturated/α-hetero) is 1. The highest BCUT2D eigenvalue weighted by Gasteiger charge is 2.03. The van der Waals surface area contributed by atoms with Gasteiger partial charge in [-0.2, -0.15) is 0 Å². The Morgan fingerprint density at radius 2 is 1.65 bits per heavy atom. The summed E-state index contributed by atoms with van der Waals surface area (Å²) in [6, 6.07) is 17.0. The fraction of sp³-hybridized carbons (Fsp3) is 0.316. The van der Waals surface area contributed by atoms with Crippen molar-refractivity contribution >= 4 is 5.78 Å². The van der Waals surface area contributed by atoms with Gasteiger partial charge in [-0.05, 0) is 41.5 Å². The summed E-state index contributed by atoms with van der Waals surface area (Å²) in [6.45, 7) is 6.11. The molecule has 1 heteroatoms.